The van der Waals surface area contributed by atoms with Gasteiger partial charge in [-0.05, 0) is 19.1 Å². The molecule has 0 amide bonds. The van der Waals surface area contributed by atoms with E-state index in [2.05, 4.69) is 9.97 Å². The van der Waals surface area contributed by atoms with Crippen LogP contribution < -0.4 is 4.74 Å². The fourth-order valence-electron chi connectivity index (χ4n) is 1.50. The van der Waals surface area contributed by atoms with Crippen LogP contribution in [0.3, 0.4) is 0 Å². The lowest BCUT2D eigenvalue weighted by atomic mass is 10.3. The molecule has 0 aromatic carbocycles. The van der Waals surface area contributed by atoms with Gasteiger partial charge in [-0.25, -0.2) is 9.97 Å². The fraction of sp³-hybridized carbons (Fsp3) is 0.308. The zero-order valence-electron chi connectivity index (χ0n) is 10.3. The van der Waals surface area contributed by atoms with Crippen molar-refractivity contribution in [1.82, 2.24) is 9.97 Å². The van der Waals surface area contributed by atoms with Crippen LogP contribution in [0, 0.1) is 6.92 Å². The molecule has 0 N–H and O–H groups in total. The molecule has 0 fully saturated rings. The van der Waals surface area contributed by atoms with Crippen molar-refractivity contribution < 1.29 is 9.53 Å². The molecule has 18 heavy (non-hydrogen) atoms. The Morgan fingerprint density at radius 1 is 1.39 bits per heavy atom. The fourth-order valence-corrected chi connectivity index (χ4v) is 2.26. The number of ketones is 1. The summed E-state index contributed by atoms with van der Waals surface area (Å²) >= 11 is 1.64. The normalized spacial score (nSPS) is 10.3. The van der Waals surface area contributed by atoms with Crippen LogP contribution in [0.15, 0.2) is 23.8 Å². The Morgan fingerprint density at radius 2 is 2.22 bits per heavy atom. The number of thiazole rings is 1. The third kappa shape index (κ3) is 3.13. The van der Waals surface area contributed by atoms with Crippen LogP contribution in [-0.2, 0) is 6.42 Å². The Kier molecular flexibility index (Phi) is 4.04. The highest BCUT2D eigenvalue weighted by Crippen LogP contribution is 2.14. The van der Waals surface area contributed by atoms with E-state index in [4.69, 9.17) is 4.74 Å². The average Bonchev–Trinajstić information content (AvgIpc) is 2.76. The standard InChI is InChI=1S/C13H14N2O2S/c1-9-13(18-8-15-9)5-6-17-11-3-4-12(10(2)16)14-7-11/h3-4,7-8H,5-6H2,1-2H3. The van der Waals surface area contributed by atoms with Crippen LogP contribution in [0.1, 0.15) is 28.0 Å². The lowest BCUT2D eigenvalue weighted by molar-refractivity contribution is 0.101. The first-order valence-electron chi connectivity index (χ1n) is 5.65. The molecule has 0 aliphatic rings. The lowest BCUT2D eigenvalue weighted by Crippen LogP contribution is -2.02. The number of rotatable bonds is 5. The Balaban J connectivity index is 1.87. The first-order chi connectivity index (χ1) is 8.66. The van der Waals surface area contributed by atoms with Crippen LogP contribution in [0.5, 0.6) is 5.75 Å². The molecule has 2 aromatic rings. The Bertz CT molecular complexity index is 534. The van der Waals surface area contributed by atoms with Crippen molar-refractivity contribution in [2.24, 2.45) is 0 Å². The highest BCUT2D eigenvalue weighted by Gasteiger charge is 2.03. The lowest BCUT2D eigenvalue weighted by Gasteiger charge is -2.05. The number of carbonyl (C=O) groups excluding carboxylic acids is 1. The van der Waals surface area contributed by atoms with Gasteiger partial charge >= 0.3 is 0 Å². The Labute approximate surface area is 110 Å². The largest absolute Gasteiger partial charge is 0.492 e. The van der Waals surface area contributed by atoms with Gasteiger partial charge in [-0.15, -0.1) is 11.3 Å². The number of aryl methyl sites for hydroxylation is 1. The van der Waals surface area contributed by atoms with E-state index in [9.17, 15) is 4.79 Å². The average molecular weight is 262 g/mol. The maximum Gasteiger partial charge on any atom is 0.178 e. The zero-order valence-corrected chi connectivity index (χ0v) is 11.2. The van der Waals surface area contributed by atoms with Gasteiger partial charge in [0.15, 0.2) is 5.78 Å². The van der Waals surface area contributed by atoms with Crippen molar-refractivity contribution >= 4 is 17.1 Å². The molecule has 0 saturated heterocycles. The number of hydrogen-bond acceptors (Lipinski definition) is 5. The van der Waals surface area contributed by atoms with E-state index in [-0.39, 0.29) is 5.78 Å². The smallest absolute Gasteiger partial charge is 0.178 e. The second-order valence-electron chi connectivity index (χ2n) is 3.89. The zero-order chi connectivity index (χ0) is 13.0. The van der Waals surface area contributed by atoms with E-state index in [0.717, 1.165) is 12.1 Å². The van der Waals surface area contributed by atoms with Crippen molar-refractivity contribution in [3.05, 3.63) is 40.1 Å². The molecule has 0 spiro atoms. The van der Waals surface area contributed by atoms with E-state index in [1.54, 1.807) is 29.7 Å². The highest BCUT2D eigenvalue weighted by atomic mass is 32.1. The third-order valence-electron chi connectivity index (χ3n) is 2.54. The van der Waals surface area contributed by atoms with Crippen LogP contribution >= 0.6 is 11.3 Å². The summed E-state index contributed by atoms with van der Waals surface area (Å²) in [5, 5.41) is 0. The number of ether oxygens (including phenoxy) is 1. The Morgan fingerprint density at radius 3 is 2.78 bits per heavy atom. The minimum Gasteiger partial charge on any atom is -0.492 e. The van der Waals surface area contributed by atoms with Gasteiger partial charge in [0.25, 0.3) is 0 Å². The number of carbonyl (C=O) groups is 1. The molecule has 0 bridgehead atoms. The summed E-state index contributed by atoms with van der Waals surface area (Å²) in [6.45, 7) is 4.08. The van der Waals surface area contributed by atoms with Crippen LogP contribution in [0.4, 0.5) is 0 Å². The summed E-state index contributed by atoms with van der Waals surface area (Å²) in [6.07, 6.45) is 2.42. The first kappa shape index (κ1) is 12.7. The predicted octanol–water partition coefficient (Wildman–Crippen LogP) is 2.67. The number of nitrogens with zero attached hydrogens (tertiary/aromatic N) is 2. The third-order valence-corrected chi connectivity index (χ3v) is 3.53. The van der Waals surface area contributed by atoms with E-state index >= 15 is 0 Å². The van der Waals surface area contributed by atoms with Crippen molar-refractivity contribution in [3.8, 4) is 5.75 Å². The molecule has 0 aliphatic heterocycles. The van der Waals surface area contributed by atoms with E-state index in [0.29, 0.717) is 18.1 Å². The molecular weight excluding hydrogens is 248 g/mol. The summed E-state index contributed by atoms with van der Waals surface area (Å²) in [4.78, 5) is 20.5. The molecule has 0 atom stereocenters. The summed E-state index contributed by atoms with van der Waals surface area (Å²) in [5.74, 6) is 0.643. The van der Waals surface area contributed by atoms with E-state index in [1.807, 2.05) is 12.4 Å². The summed E-state index contributed by atoms with van der Waals surface area (Å²) < 4.78 is 5.57. The maximum atomic E-state index is 11.1. The molecule has 94 valence electrons. The highest BCUT2D eigenvalue weighted by molar-refractivity contribution is 7.09. The van der Waals surface area contributed by atoms with E-state index in [1.165, 1.54) is 11.8 Å². The van der Waals surface area contributed by atoms with E-state index < -0.39 is 0 Å². The van der Waals surface area contributed by atoms with Gasteiger partial charge in [-0.1, -0.05) is 0 Å². The summed E-state index contributed by atoms with van der Waals surface area (Å²) in [5.41, 5.74) is 3.36. The molecule has 0 aliphatic carbocycles. The molecule has 0 saturated carbocycles. The molecule has 2 heterocycles. The quantitative estimate of drug-likeness (QED) is 0.777. The van der Waals surface area contributed by atoms with Crippen molar-refractivity contribution in [2.45, 2.75) is 20.3 Å². The molecule has 5 heteroatoms. The first-order valence-corrected chi connectivity index (χ1v) is 6.53. The van der Waals surface area contributed by atoms with Crippen molar-refractivity contribution in [3.63, 3.8) is 0 Å². The number of hydrogen-bond donors (Lipinski definition) is 0. The Hall–Kier alpha value is -1.75. The van der Waals surface area contributed by atoms with Crippen LogP contribution in [0.2, 0.25) is 0 Å². The van der Waals surface area contributed by atoms with Crippen molar-refractivity contribution in [1.29, 1.82) is 0 Å². The van der Waals surface area contributed by atoms with Gasteiger partial charge in [0.1, 0.15) is 11.4 Å². The molecule has 0 radical (unpaired) electrons. The van der Waals surface area contributed by atoms with Crippen molar-refractivity contribution in [2.75, 3.05) is 6.61 Å². The summed E-state index contributed by atoms with van der Waals surface area (Å²) in [6, 6.07) is 3.44. The molecule has 2 rings (SSSR count). The monoisotopic (exact) mass is 262 g/mol. The van der Waals surface area contributed by atoms with Crippen LogP contribution in [0.25, 0.3) is 0 Å². The maximum absolute atomic E-state index is 11.1. The van der Waals surface area contributed by atoms with Gasteiger partial charge in [0.05, 0.1) is 24.0 Å². The van der Waals surface area contributed by atoms with Gasteiger partial charge < -0.3 is 4.74 Å². The predicted molar refractivity (Wildman–Crippen MR) is 70.3 cm³/mol. The second-order valence-corrected chi connectivity index (χ2v) is 4.83. The van der Waals surface area contributed by atoms with Gasteiger partial charge in [0, 0.05) is 18.2 Å². The summed E-state index contributed by atoms with van der Waals surface area (Å²) in [7, 11) is 0. The van der Waals surface area contributed by atoms with Gasteiger partial charge in [-0.2, -0.15) is 0 Å². The van der Waals surface area contributed by atoms with Gasteiger partial charge in [0.2, 0.25) is 0 Å². The topological polar surface area (TPSA) is 52.1 Å². The number of Topliss-reactive ketones (excluding diaryl/α,β-unsaturated/α-hetero) is 1. The van der Waals surface area contributed by atoms with Crippen LogP contribution in [-0.4, -0.2) is 22.4 Å². The SMILES string of the molecule is CC(=O)c1ccc(OCCc2scnc2C)cn1. The molecular formula is C13H14N2O2S. The number of pyridine rings is 1. The number of aromatic nitrogens is 2. The molecule has 0 unspecified atom stereocenters. The van der Waals surface area contributed by atoms with Gasteiger partial charge in [-0.3, -0.25) is 4.79 Å². The minimum atomic E-state index is -0.0400. The molecule has 4 nitrogen and oxygen atoms in total. The second kappa shape index (κ2) is 5.73. The minimum absolute atomic E-state index is 0.0400. The molecule has 2 aromatic heterocycles.